The molecule has 1 rings (SSSR count). The van der Waals surface area contributed by atoms with Crippen molar-refractivity contribution in [3.05, 3.63) is 24.2 Å². The highest BCUT2D eigenvalue weighted by Gasteiger charge is 2.44. The highest BCUT2D eigenvalue weighted by Crippen LogP contribution is 2.40. The van der Waals surface area contributed by atoms with Crippen molar-refractivity contribution in [2.45, 2.75) is 18.4 Å². The van der Waals surface area contributed by atoms with Crippen LogP contribution in [0.1, 0.15) is 0 Å². The van der Waals surface area contributed by atoms with E-state index < -0.39 is 50.4 Å². The molecule has 0 fully saturated rings. The van der Waals surface area contributed by atoms with Crippen LogP contribution in [0.3, 0.4) is 0 Å². The van der Waals surface area contributed by atoms with Gasteiger partial charge in [-0.3, -0.25) is 10.3 Å². The van der Waals surface area contributed by atoms with Crippen LogP contribution in [0, 0.1) is 0 Å². The van der Waals surface area contributed by atoms with E-state index in [4.69, 9.17) is 25.4 Å². The van der Waals surface area contributed by atoms with Crippen molar-refractivity contribution in [3.8, 4) is 0 Å². The number of esters is 1. The van der Waals surface area contributed by atoms with E-state index in [1.807, 2.05) is 0 Å². The zero-order chi connectivity index (χ0) is 15.5. The van der Waals surface area contributed by atoms with Gasteiger partial charge < -0.3 is 29.5 Å². The molecule has 0 saturated heterocycles. The molecule has 3 atom stereocenters. The van der Waals surface area contributed by atoms with Crippen molar-refractivity contribution in [1.82, 2.24) is 0 Å². The van der Waals surface area contributed by atoms with E-state index in [0.29, 0.717) is 0 Å². The molecule has 11 heteroatoms. The first-order valence-corrected chi connectivity index (χ1v) is 6.76. The molecular weight excluding hydrogens is 297 g/mol. The molecule has 0 amide bonds. The predicted octanol–water partition coefficient (Wildman–Crippen LogP) is -1.36. The normalized spacial score (nSPS) is 22.4. The van der Waals surface area contributed by atoms with Gasteiger partial charge in [-0.2, -0.15) is 0 Å². The standard InChI is InChI=1S/C9H14NO9P/c1-2-5(10)17-8-6(12)9(13)18-7(8)4(3-11)19-20(14,15)16/h2,4-5,7,11-12H,1,3,10H2,(H2,14,15,16)/t4-,5?,7+/m0/s1. The summed E-state index contributed by atoms with van der Waals surface area (Å²) < 4.78 is 24.6. The average molecular weight is 311 g/mol. The van der Waals surface area contributed by atoms with Crippen LogP contribution in [0.5, 0.6) is 0 Å². The van der Waals surface area contributed by atoms with E-state index in [0.717, 1.165) is 6.08 Å². The number of nitrogens with two attached hydrogens (primary N) is 1. The topological polar surface area (TPSA) is 169 Å². The second kappa shape index (κ2) is 6.35. The Balaban J connectivity index is 2.99. The molecule has 0 aliphatic carbocycles. The number of hydrogen-bond acceptors (Lipinski definition) is 8. The lowest BCUT2D eigenvalue weighted by atomic mass is 10.2. The van der Waals surface area contributed by atoms with Crippen LogP contribution in [-0.2, 0) is 23.4 Å². The van der Waals surface area contributed by atoms with E-state index in [1.54, 1.807) is 0 Å². The van der Waals surface area contributed by atoms with E-state index in [-0.39, 0.29) is 0 Å². The fourth-order valence-electron chi connectivity index (χ4n) is 1.38. The van der Waals surface area contributed by atoms with Crippen molar-refractivity contribution < 1.29 is 43.4 Å². The Bertz CT molecular complexity index is 470. The van der Waals surface area contributed by atoms with Crippen molar-refractivity contribution in [1.29, 1.82) is 0 Å². The van der Waals surface area contributed by atoms with Crippen molar-refractivity contribution in [3.63, 3.8) is 0 Å². The number of cyclic esters (lactones) is 1. The summed E-state index contributed by atoms with van der Waals surface area (Å²) in [5.74, 6) is -2.64. The molecule has 0 aromatic heterocycles. The second-order valence-corrected chi connectivity index (χ2v) is 4.87. The lowest BCUT2D eigenvalue weighted by molar-refractivity contribution is -0.147. The molecule has 1 aliphatic rings. The van der Waals surface area contributed by atoms with E-state index in [9.17, 15) is 14.5 Å². The maximum Gasteiger partial charge on any atom is 0.470 e. The molecule has 1 unspecified atom stereocenters. The highest BCUT2D eigenvalue weighted by atomic mass is 31.2. The summed E-state index contributed by atoms with van der Waals surface area (Å²) in [5, 5.41) is 18.5. The zero-order valence-corrected chi connectivity index (χ0v) is 11.0. The predicted molar refractivity (Wildman–Crippen MR) is 62.8 cm³/mol. The molecule has 0 aromatic carbocycles. The van der Waals surface area contributed by atoms with Crippen molar-refractivity contribution in [2.75, 3.05) is 6.61 Å². The average Bonchev–Trinajstić information content (AvgIpc) is 2.63. The Morgan fingerprint density at radius 3 is 2.60 bits per heavy atom. The molecule has 0 spiro atoms. The highest BCUT2D eigenvalue weighted by molar-refractivity contribution is 7.46. The van der Waals surface area contributed by atoms with Crippen LogP contribution in [0.4, 0.5) is 0 Å². The molecule has 6 N–H and O–H groups in total. The minimum Gasteiger partial charge on any atom is -0.499 e. The number of ether oxygens (including phenoxy) is 2. The SMILES string of the molecule is C=CC(N)OC1=C(O)C(=O)O[C@@H]1[C@H](CO)OP(=O)(O)O. The fraction of sp³-hybridized carbons (Fsp3) is 0.444. The quantitative estimate of drug-likeness (QED) is 0.164. The Kier molecular flexibility index (Phi) is 5.28. The van der Waals surface area contributed by atoms with Gasteiger partial charge >= 0.3 is 13.8 Å². The van der Waals surface area contributed by atoms with Gasteiger partial charge in [-0.15, -0.1) is 0 Å². The van der Waals surface area contributed by atoms with Crippen LogP contribution in [0.2, 0.25) is 0 Å². The van der Waals surface area contributed by atoms with E-state index in [2.05, 4.69) is 15.8 Å². The van der Waals surface area contributed by atoms with Crippen LogP contribution in [0.15, 0.2) is 24.2 Å². The summed E-state index contributed by atoms with van der Waals surface area (Å²) in [6.45, 7) is 2.40. The monoisotopic (exact) mass is 311 g/mol. The molecule has 1 aliphatic heterocycles. The largest absolute Gasteiger partial charge is 0.499 e. The molecule has 1 heterocycles. The van der Waals surface area contributed by atoms with Gasteiger partial charge in [0.2, 0.25) is 5.76 Å². The summed E-state index contributed by atoms with van der Waals surface area (Å²) >= 11 is 0. The Morgan fingerprint density at radius 1 is 1.55 bits per heavy atom. The van der Waals surface area contributed by atoms with Crippen LogP contribution in [-0.4, -0.2) is 51.0 Å². The molecular formula is C9H14NO9P. The number of hydrogen-bond donors (Lipinski definition) is 5. The van der Waals surface area contributed by atoms with Crippen molar-refractivity contribution >= 4 is 13.8 Å². The van der Waals surface area contributed by atoms with Gasteiger partial charge in [0.25, 0.3) is 0 Å². The van der Waals surface area contributed by atoms with Gasteiger partial charge in [-0.25, -0.2) is 9.36 Å². The van der Waals surface area contributed by atoms with E-state index in [1.165, 1.54) is 0 Å². The van der Waals surface area contributed by atoms with Gasteiger partial charge in [0.1, 0.15) is 6.10 Å². The molecule has 10 nitrogen and oxygen atoms in total. The number of phosphoric ester groups is 1. The molecule has 0 radical (unpaired) electrons. The maximum absolute atomic E-state index is 11.2. The number of phosphoric acid groups is 1. The van der Waals surface area contributed by atoms with E-state index >= 15 is 0 Å². The maximum atomic E-state index is 11.2. The first-order valence-electron chi connectivity index (χ1n) is 5.23. The number of carbonyl (C=O) groups excluding carboxylic acids is 1. The minimum absolute atomic E-state index is 0.505. The smallest absolute Gasteiger partial charge is 0.470 e. The molecule has 0 bridgehead atoms. The van der Waals surface area contributed by atoms with Crippen LogP contribution in [0.25, 0.3) is 0 Å². The Hall–Kier alpha value is -1.42. The number of aliphatic hydroxyl groups excluding tert-OH is 2. The third-order valence-corrected chi connectivity index (χ3v) is 2.75. The molecule has 114 valence electrons. The van der Waals surface area contributed by atoms with Gasteiger partial charge in [-0.1, -0.05) is 6.58 Å². The summed E-state index contributed by atoms with van der Waals surface area (Å²) in [6, 6.07) is 0. The third-order valence-electron chi connectivity index (χ3n) is 2.20. The molecule has 20 heavy (non-hydrogen) atoms. The fourth-order valence-corrected chi connectivity index (χ4v) is 1.91. The second-order valence-electron chi connectivity index (χ2n) is 3.67. The van der Waals surface area contributed by atoms with Crippen LogP contribution >= 0.6 is 7.82 Å². The Labute approximate surface area is 113 Å². The summed E-state index contributed by atoms with van der Waals surface area (Å²) in [6.07, 6.45) is -3.17. The zero-order valence-electron chi connectivity index (χ0n) is 10.1. The summed E-state index contributed by atoms with van der Waals surface area (Å²) in [4.78, 5) is 28.6. The number of carbonyl (C=O) groups is 1. The van der Waals surface area contributed by atoms with Gasteiger partial charge in [0.15, 0.2) is 18.1 Å². The van der Waals surface area contributed by atoms with Gasteiger partial charge in [-0.05, 0) is 6.08 Å². The number of aliphatic hydroxyl groups is 2. The van der Waals surface area contributed by atoms with Gasteiger partial charge in [0.05, 0.1) is 6.61 Å². The first-order chi connectivity index (χ1) is 9.19. The summed E-state index contributed by atoms with van der Waals surface area (Å²) in [5.41, 5.74) is 5.38. The minimum atomic E-state index is -4.96. The number of rotatable bonds is 7. The first kappa shape index (κ1) is 16.6. The van der Waals surface area contributed by atoms with Crippen LogP contribution < -0.4 is 5.73 Å². The summed E-state index contributed by atoms with van der Waals surface area (Å²) in [7, 11) is -4.96. The lowest BCUT2D eigenvalue weighted by Crippen LogP contribution is -2.36. The van der Waals surface area contributed by atoms with Crippen molar-refractivity contribution in [2.24, 2.45) is 5.73 Å². The third kappa shape index (κ3) is 4.04. The molecule has 0 aromatic rings. The molecule has 0 saturated carbocycles. The van der Waals surface area contributed by atoms with Gasteiger partial charge in [0, 0.05) is 0 Å². The Morgan fingerprint density at radius 2 is 2.15 bits per heavy atom. The lowest BCUT2D eigenvalue weighted by Gasteiger charge is -2.24.